The van der Waals surface area contributed by atoms with Crippen LogP contribution in [0.25, 0.3) is 19.5 Å². The number of imide groups is 1. The van der Waals surface area contributed by atoms with Gasteiger partial charge in [0.1, 0.15) is 0 Å². The number of amides is 2. The number of carbonyl (C=O) groups is 2. The number of unbranched alkanes of at least 4 members (excludes halogenated alkanes) is 5. The minimum absolute atomic E-state index is 0.115. The third-order valence-corrected chi connectivity index (χ3v) is 8.34. The summed E-state index contributed by atoms with van der Waals surface area (Å²) in [6.45, 7) is 2.73. The van der Waals surface area contributed by atoms with Crippen LogP contribution < -0.4 is 0 Å². The molecule has 146 valence electrons. The predicted molar refractivity (Wildman–Crippen MR) is 120 cm³/mol. The van der Waals surface area contributed by atoms with Crippen molar-refractivity contribution in [3.05, 3.63) is 46.2 Å². The van der Waals surface area contributed by atoms with Gasteiger partial charge in [-0.1, -0.05) is 51.2 Å². The lowest BCUT2D eigenvalue weighted by Gasteiger charge is -2.14. The summed E-state index contributed by atoms with van der Waals surface area (Å²) in [5, 5.41) is 4.03. The molecule has 0 N–H and O–H groups in total. The molecule has 0 aromatic carbocycles. The van der Waals surface area contributed by atoms with E-state index in [1.165, 1.54) is 30.6 Å². The number of thiophene rings is 3. The van der Waals surface area contributed by atoms with Crippen LogP contribution in [0.15, 0.2) is 35.0 Å². The molecule has 0 radical (unpaired) electrons. The number of carbonyl (C=O) groups excluding carboxylic acids is 2. The number of rotatable bonds is 9. The van der Waals surface area contributed by atoms with Crippen LogP contribution in [0.4, 0.5) is 0 Å². The summed E-state index contributed by atoms with van der Waals surface area (Å²) in [5.41, 5.74) is 1.23. The molecule has 0 saturated heterocycles. The molecule has 0 saturated carbocycles. The van der Waals surface area contributed by atoms with Crippen molar-refractivity contribution in [3.8, 4) is 19.5 Å². The zero-order valence-corrected chi connectivity index (χ0v) is 18.4. The van der Waals surface area contributed by atoms with Gasteiger partial charge in [-0.15, -0.1) is 34.0 Å². The lowest BCUT2D eigenvalue weighted by molar-refractivity contribution is 0.0652. The molecule has 0 fully saturated rings. The summed E-state index contributed by atoms with van der Waals surface area (Å²) in [6, 6.07) is 8.05. The minimum Gasteiger partial charge on any atom is -0.274 e. The first-order valence-corrected chi connectivity index (χ1v) is 12.4. The molecule has 3 aromatic rings. The summed E-state index contributed by atoms with van der Waals surface area (Å²) in [5.74, 6) is -0.230. The Kier molecular flexibility index (Phi) is 6.09. The molecule has 3 nitrogen and oxygen atoms in total. The molecule has 3 aromatic heterocycles. The number of hydrogen-bond donors (Lipinski definition) is 0. The molecular weight excluding hydrogens is 406 g/mol. The van der Waals surface area contributed by atoms with E-state index in [0.29, 0.717) is 17.7 Å². The fraction of sp³-hybridized carbons (Fsp3) is 0.364. The van der Waals surface area contributed by atoms with E-state index in [9.17, 15) is 9.59 Å². The van der Waals surface area contributed by atoms with Crippen LogP contribution in [-0.2, 0) is 0 Å². The third-order valence-electron chi connectivity index (χ3n) is 5.05. The number of hydrogen-bond acceptors (Lipinski definition) is 5. The average Bonchev–Trinajstić information content (AvgIpc) is 3.47. The quantitative estimate of drug-likeness (QED) is 0.267. The fourth-order valence-electron chi connectivity index (χ4n) is 3.62. The van der Waals surface area contributed by atoms with E-state index in [1.54, 1.807) is 34.0 Å². The molecule has 4 rings (SSSR count). The van der Waals surface area contributed by atoms with Gasteiger partial charge in [-0.25, -0.2) is 0 Å². The van der Waals surface area contributed by atoms with E-state index in [1.807, 2.05) is 35.0 Å². The predicted octanol–water partition coefficient (Wildman–Crippen LogP) is 7.16. The summed E-state index contributed by atoms with van der Waals surface area (Å²) in [7, 11) is 0. The van der Waals surface area contributed by atoms with Gasteiger partial charge in [0.15, 0.2) is 0 Å². The molecule has 0 spiro atoms. The number of nitrogens with zero attached hydrogens (tertiary/aromatic N) is 1. The van der Waals surface area contributed by atoms with E-state index in [0.717, 1.165) is 32.4 Å². The van der Waals surface area contributed by atoms with Crippen LogP contribution in [-0.4, -0.2) is 23.3 Å². The second-order valence-corrected chi connectivity index (χ2v) is 9.91. The van der Waals surface area contributed by atoms with Gasteiger partial charge in [0, 0.05) is 16.3 Å². The summed E-state index contributed by atoms with van der Waals surface area (Å²) < 4.78 is 0. The van der Waals surface area contributed by atoms with Crippen LogP contribution in [0.1, 0.15) is 66.2 Å². The monoisotopic (exact) mass is 429 g/mol. The van der Waals surface area contributed by atoms with Crippen molar-refractivity contribution in [1.82, 2.24) is 4.90 Å². The maximum atomic E-state index is 13.2. The lowest BCUT2D eigenvalue weighted by atomic mass is 10.1. The van der Waals surface area contributed by atoms with Crippen LogP contribution in [0, 0.1) is 0 Å². The van der Waals surface area contributed by atoms with Crippen LogP contribution in [0.2, 0.25) is 0 Å². The Balaban J connectivity index is 1.61. The van der Waals surface area contributed by atoms with E-state index in [2.05, 4.69) is 6.92 Å². The first kappa shape index (κ1) is 19.6. The number of fused-ring (bicyclic) bond motifs is 1. The van der Waals surface area contributed by atoms with E-state index in [-0.39, 0.29) is 11.8 Å². The maximum absolute atomic E-state index is 13.2. The zero-order chi connectivity index (χ0) is 19.5. The highest BCUT2D eigenvalue weighted by molar-refractivity contribution is 7.26. The second-order valence-electron chi connectivity index (χ2n) is 6.99. The molecule has 6 heteroatoms. The second kappa shape index (κ2) is 8.72. The Morgan fingerprint density at radius 3 is 1.82 bits per heavy atom. The normalized spacial score (nSPS) is 13.5. The van der Waals surface area contributed by atoms with Crippen molar-refractivity contribution in [2.24, 2.45) is 0 Å². The Morgan fingerprint density at radius 2 is 1.32 bits per heavy atom. The van der Waals surface area contributed by atoms with Gasteiger partial charge < -0.3 is 0 Å². The molecule has 4 heterocycles. The molecule has 28 heavy (non-hydrogen) atoms. The van der Waals surface area contributed by atoms with Crippen molar-refractivity contribution in [2.45, 2.75) is 45.4 Å². The first-order chi connectivity index (χ1) is 13.7. The molecule has 0 aliphatic carbocycles. The SMILES string of the molecule is CCCCCCCCN1C(=O)c2c(-c3cccs3)sc(-c3cccs3)c2C1=O. The molecule has 1 aliphatic rings. The molecule has 0 unspecified atom stereocenters. The zero-order valence-electron chi connectivity index (χ0n) is 15.9. The molecule has 0 bridgehead atoms. The highest BCUT2D eigenvalue weighted by Gasteiger charge is 2.42. The largest absolute Gasteiger partial charge is 0.274 e. The summed E-state index contributed by atoms with van der Waals surface area (Å²) >= 11 is 4.81. The van der Waals surface area contributed by atoms with Gasteiger partial charge in [-0.3, -0.25) is 14.5 Å². The van der Waals surface area contributed by atoms with Crippen LogP contribution in [0.3, 0.4) is 0 Å². The van der Waals surface area contributed by atoms with Gasteiger partial charge in [0.2, 0.25) is 0 Å². The third kappa shape index (κ3) is 3.61. The smallest absolute Gasteiger partial charge is 0.263 e. The van der Waals surface area contributed by atoms with E-state index >= 15 is 0 Å². The fourth-order valence-corrected chi connectivity index (χ4v) is 6.62. The van der Waals surface area contributed by atoms with Gasteiger partial charge in [-0.2, -0.15) is 0 Å². The van der Waals surface area contributed by atoms with Crippen molar-refractivity contribution in [2.75, 3.05) is 6.54 Å². The summed E-state index contributed by atoms with van der Waals surface area (Å²) in [4.78, 5) is 31.9. The van der Waals surface area contributed by atoms with Gasteiger partial charge in [0.25, 0.3) is 11.8 Å². The Labute approximate surface area is 177 Å². The van der Waals surface area contributed by atoms with Crippen molar-refractivity contribution >= 4 is 45.8 Å². The molecule has 1 aliphatic heterocycles. The summed E-state index contributed by atoms with van der Waals surface area (Å²) in [6.07, 6.45) is 6.84. The average molecular weight is 430 g/mol. The minimum atomic E-state index is -0.115. The van der Waals surface area contributed by atoms with Gasteiger partial charge in [-0.05, 0) is 29.3 Å². The molecule has 0 atom stereocenters. The molecule has 2 amide bonds. The van der Waals surface area contributed by atoms with Crippen molar-refractivity contribution < 1.29 is 9.59 Å². The van der Waals surface area contributed by atoms with Crippen LogP contribution >= 0.6 is 34.0 Å². The Morgan fingerprint density at radius 1 is 0.786 bits per heavy atom. The van der Waals surface area contributed by atoms with Crippen molar-refractivity contribution in [1.29, 1.82) is 0 Å². The standard InChI is InChI=1S/C22H23NO2S3/c1-2-3-4-5-6-7-12-23-21(24)17-18(22(23)25)20(16-11-9-14-27-16)28-19(17)15-10-8-13-26-15/h8-11,13-14H,2-7,12H2,1H3. The van der Waals surface area contributed by atoms with Crippen LogP contribution in [0.5, 0.6) is 0 Å². The van der Waals surface area contributed by atoms with Gasteiger partial charge >= 0.3 is 0 Å². The van der Waals surface area contributed by atoms with Crippen molar-refractivity contribution in [3.63, 3.8) is 0 Å². The first-order valence-electron chi connectivity index (χ1n) is 9.83. The highest BCUT2D eigenvalue weighted by atomic mass is 32.1. The highest BCUT2D eigenvalue weighted by Crippen LogP contribution is 2.48. The van der Waals surface area contributed by atoms with Gasteiger partial charge in [0.05, 0.1) is 20.9 Å². The Bertz CT molecular complexity index is 886. The van der Waals surface area contributed by atoms with E-state index in [4.69, 9.17) is 0 Å². The van der Waals surface area contributed by atoms with E-state index < -0.39 is 0 Å². The Hall–Kier alpha value is -1.76. The lowest BCUT2D eigenvalue weighted by Crippen LogP contribution is -2.31. The topological polar surface area (TPSA) is 37.4 Å². The maximum Gasteiger partial charge on any atom is 0.263 e. The molecular formula is C22H23NO2S3.